The van der Waals surface area contributed by atoms with Crippen molar-refractivity contribution in [3.8, 4) is 0 Å². The highest BCUT2D eigenvalue weighted by atomic mass is 16.7. The van der Waals surface area contributed by atoms with Crippen molar-refractivity contribution in [1.29, 1.82) is 0 Å². The molecular weight excluding hydrogens is 340 g/mol. The number of nitrogens with one attached hydrogen (secondary N) is 1. The summed E-state index contributed by atoms with van der Waals surface area (Å²) in [7, 11) is 3.59. The highest BCUT2D eigenvalue weighted by Gasteiger charge is 2.41. The molecule has 0 aliphatic carbocycles. The highest BCUT2D eigenvalue weighted by molar-refractivity contribution is 5.70. The van der Waals surface area contributed by atoms with Crippen molar-refractivity contribution in [2.45, 2.75) is 45.4 Å². The van der Waals surface area contributed by atoms with Crippen LogP contribution < -0.4 is 5.56 Å². The number of aliphatic hydroxyl groups excluding tert-OH is 1. The average Bonchev–Trinajstić information content (AvgIpc) is 2.84. The molecule has 10 heteroatoms. The van der Waals surface area contributed by atoms with Crippen molar-refractivity contribution >= 4 is 23.5 Å². The molecule has 0 aromatic carbocycles. The lowest BCUT2D eigenvalue weighted by Gasteiger charge is -2.17. The summed E-state index contributed by atoms with van der Waals surface area (Å²) in [5, 5.41) is 9.72. The van der Waals surface area contributed by atoms with Crippen LogP contribution in [0.3, 0.4) is 0 Å². The number of aromatic nitrogens is 4. The highest BCUT2D eigenvalue weighted by Crippen LogP contribution is 2.38. The predicted molar refractivity (Wildman–Crippen MR) is 94.2 cm³/mol. The van der Waals surface area contributed by atoms with Gasteiger partial charge in [0.25, 0.3) is 5.56 Å². The van der Waals surface area contributed by atoms with Crippen LogP contribution in [-0.2, 0) is 16.1 Å². The number of rotatable bonds is 4. The van der Waals surface area contributed by atoms with E-state index in [1.807, 2.05) is 6.92 Å². The number of fused-ring (bicyclic) bond motifs is 1. The van der Waals surface area contributed by atoms with Crippen molar-refractivity contribution in [2.75, 3.05) is 14.1 Å². The molecule has 2 unspecified atom stereocenters. The molecule has 26 heavy (non-hydrogen) atoms. The Kier molecular flexibility index (Phi) is 4.74. The molecule has 0 spiro atoms. The summed E-state index contributed by atoms with van der Waals surface area (Å²) < 4.78 is 11.6. The van der Waals surface area contributed by atoms with Gasteiger partial charge in [0, 0.05) is 14.1 Å². The molecule has 2 atom stereocenters. The Bertz CT molecular complexity index is 907. The van der Waals surface area contributed by atoms with Gasteiger partial charge in [0.2, 0.25) is 5.95 Å². The molecule has 3 heterocycles. The summed E-state index contributed by atoms with van der Waals surface area (Å²) in [5.41, 5.74) is 0.357. The van der Waals surface area contributed by atoms with Crippen LogP contribution in [0.15, 0.2) is 9.79 Å². The molecule has 0 amide bonds. The van der Waals surface area contributed by atoms with Crippen LogP contribution in [0.25, 0.3) is 11.2 Å². The molecule has 140 valence electrons. The first-order valence-electron chi connectivity index (χ1n) is 8.18. The van der Waals surface area contributed by atoms with Crippen LogP contribution in [0, 0.1) is 0 Å². The van der Waals surface area contributed by atoms with Gasteiger partial charge in [0.1, 0.15) is 6.10 Å². The van der Waals surface area contributed by atoms with Crippen LogP contribution in [-0.4, -0.2) is 62.3 Å². The number of ether oxygens (including phenoxy) is 2. The number of aliphatic imine (C=N–C) groups is 1. The number of aliphatic hydroxyl groups is 1. The van der Waals surface area contributed by atoms with Crippen LogP contribution >= 0.6 is 0 Å². The molecule has 3 rings (SSSR count). The summed E-state index contributed by atoms with van der Waals surface area (Å²) in [6.45, 7) is 5.06. The number of aromatic amines is 1. The topological polar surface area (TPSA) is 126 Å². The Labute approximate surface area is 149 Å². The number of hydrogen-bond donors (Lipinski definition) is 2. The van der Waals surface area contributed by atoms with E-state index < -0.39 is 17.5 Å². The molecule has 1 aliphatic heterocycles. The zero-order valence-electron chi connectivity index (χ0n) is 15.3. The van der Waals surface area contributed by atoms with E-state index in [0.29, 0.717) is 5.69 Å². The lowest BCUT2D eigenvalue weighted by molar-refractivity contribution is -0.145. The Morgan fingerprint density at radius 2 is 2.04 bits per heavy atom. The SMILES string of the molecule is CC1OC(C)(C)OC1c1nc2c(=O)[nH]c(N=CN(C)C)nc2nc1CO. The molecule has 1 saturated heterocycles. The third-order valence-corrected chi connectivity index (χ3v) is 3.77. The van der Waals surface area contributed by atoms with Gasteiger partial charge in [-0.25, -0.2) is 15.0 Å². The van der Waals surface area contributed by atoms with Crippen molar-refractivity contribution < 1.29 is 14.6 Å². The Morgan fingerprint density at radius 3 is 2.62 bits per heavy atom. The monoisotopic (exact) mass is 362 g/mol. The average molecular weight is 362 g/mol. The van der Waals surface area contributed by atoms with E-state index in [-0.39, 0.29) is 35.5 Å². The summed E-state index contributed by atoms with van der Waals surface area (Å²) in [5.74, 6) is -0.680. The van der Waals surface area contributed by atoms with Gasteiger partial charge < -0.3 is 19.5 Å². The second kappa shape index (κ2) is 6.71. The minimum absolute atomic E-state index is 0.0570. The zero-order valence-corrected chi connectivity index (χ0v) is 15.3. The molecule has 10 nitrogen and oxygen atoms in total. The van der Waals surface area contributed by atoms with E-state index in [1.54, 1.807) is 32.8 Å². The molecule has 0 saturated carbocycles. The van der Waals surface area contributed by atoms with E-state index >= 15 is 0 Å². The first kappa shape index (κ1) is 18.4. The van der Waals surface area contributed by atoms with Crippen molar-refractivity contribution in [3.05, 3.63) is 21.7 Å². The van der Waals surface area contributed by atoms with Crippen LogP contribution in [0.4, 0.5) is 5.95 Å². The summed E-state index contributed by atoms with van der Waals surface area (Å²) in [6, 6.07) is 0. The fourth-order valence-electron chi connectivity index (χ4n) is 2.78. The van der Waals surface area contributed by atoms with Gasteiger partial charge in [-0.05, 0) is 20.8 Å². The quantitative estimate of drug-likeness (QED) is 0.599. The van der Waals surface area contributed by atoms with Crippen molar-refractivity contribution in [3.63, 3.8) is 0 Å². The lowest BCUT2D eigenvalue weighted by Crippen LogP contribution is -2.21. The van der Waals surface area contributed by atoms with Gasteiger partial charge in [-0.2, -0.15) is 4.98 Å². The molecule has 2 aromatic rings. The summed E-state index contributed by atoms with van der Waals surface area (Å²) in [4.78, 5) is 33.6. The maximum atomic E-state index is 12.4. The van der Waals surface area contributed by atoms with Crippen LogP contribution in [0.2, 0.25) is 0 Å². The third-order valence-electron chi connectivity index (χ3n) is 3.77. The van der Waals surface area contributed by atoms with E-state index in [1.165, 1.54) is 6.34 Å². The van der Waals surface area contributed by atoms with Crippen molar-refractivity contribution in [2.24, 2.45) is 4.99 Å². The van der Waals surface area contributed by atoms with Crippen LogP contribution in [0.1, 0.15) is 38.3 Å². The van der Waals surface area contributed by atoms with E-state index in [2.05, 4.69) is 24.9 Å². The molecule has 1 aliphatic rings. The lowest BCUT2D eigenvalue weighted by atomic mass is 10.1. The first-order chi connectivity index (χ1) is 12.2. The second-order valence-electron chi connectivity index (χ2n) is 6.74. The van der Waals surface area contributed by atoms with Gasteiger partial charge in [-0.3, -0.25) is 9.78 Å². The Hall–Kier alpha value is -2.43. The van der Waals surface area contributed by atoms with Gasteiger partial charge in [-0.15, -0.1) is 0 Å². The predicted octanol–water partition coefficient (Wildman–Crippen LogP) is 0.639. The molecule has 1 fully saturated rings. The van der Waals surface area contributed by atoms with Gasteiger partial charge in [0.15, 0.2) is 17.0 Å². The summed E-state index contributed by atoms with van der Waals surface area (Å²) >= 11 is 0. The standard InChI is InChI=1S/C16H22N6O4/c1-8-12(26-16(2,3)25-8)10-9(6-23)18-13-11(19-10)14(24)21-15(20-13)17-7-22(4)5/h7-8,12,23H,6H2,1-5H3,(H,18,20,21,24). The number of hydrogen-bond acceptors (Lipinski definition) is 8. The van der Waals surface area contributed by atoms with Gasteiger partial charge in [-0.1, -0.05) is 0 Å². The second-order valence-corrected chi connectivity index (χ2v) is 6.74. The van der Waals surface area contributed by atoms with Gasteiger partial charge in [0.05, 0.1) is 30.4 Å². The normalized spacial score (nSPS) is 22.4. The summed E-state index contributed by atoms with van der Waals surface area (Å²) in [6.07, 6.45) is 0.653. The molecule has 2 aromatic heterocycles. The Balaban J connectivity index is 2.11. The van der Waals surface area contributed by atoms with Crippen molar-refractivity contribution in [1.82, 2.24) is 24.8 Å². The molecule has 2 N–H and O–H groups in total. The zero-order chi connectivity index (χ0) is 19.1. The van der Waals surface area contributed by atoms with E-state index in [4.69, 9.17) is 9.47 Å². The molecule has 0 bridgehead atoms. The Morgan fingerprint density at radius 1 is 1.31 bits per heavy atom. The fourth-order valence-corrected chi connectivity index (χ4v) is 2.78. The maximum Gasteiger partial charge on any atom is 0.280 e. The minimum atomic E-state index is -0.789. The number of nitrogens with zero attached hydrogens (tertiary/aromatic N) is 5. The molecule has 0 radical (unpaired) electrons. The van der Waals surface area contributed by atoms with E-state index in [9.17, 15) is 9.90 Å². The van der Waals surface area contributed by atoms with E-state index in [0.717, 1.165) is 0 Å². The fraction of sp³-hybridized carbons (Fsp3) is 0.562. The molecular formula is C16H22N6O4. The third kappa shape index (κ3) is 3.57. The van der Waals surface area contributed by atoms with Crippen LogP contribution in [0.5, 0.6) is 0 Å². The smallest absolute Gasteiger partial charge is 0.280 e. The largest absolute Gasteiger partial charge is 0.390 e. The number of H-pyrrole nitrogens is 1. The van der Waals surface area contributed by atoms with Gasteiger partial charge >= 0.3 is 0 Å². The maximum absolute atomic E-state index is 12.4. The minimum Gasteiger partial charge on any atom is -0.390 e. The first-order valence-corrected chi connectivity index (χ1v) is 8.18.